The number of hydrogen-bond donors (Lipinski definition) is 0. The SMILES string of the molecule is Cn1cc(-c2ncnc3c2CCN(C(=O)c2ccoc2)CC3)cn1. The standard InChI is InChI=1S/C17H17N5O2/c1-21-9-13(8-20-21)16-14-2-5-22(6-3-15(14)18-11-19-16)17(23)12-4-7-24-10-12/h4,7-11H,2-3,5-6H2,1H3. The van der Waals surface area contributed by atoms with Gasteiger partial charge >= 0.3 is 0 Å². The Bertz CT molecular complexity index is 869. The van der Waals surface area contributed by atoms with Gasteiger partial charge in [0.2, 0.25) is 0 Å². The molecule has 0 unspecified atom stereocenters. The molecule has 0 saturated carbocycles. The molecule has 0 bridgehead atoms. The van der Waals surface area contributed by atoms with E-state index in [1.165, 1.54) is 12.5 Å². The first-order chi connectivity index (χ1) is 11.7. The molecule has 3 aromatic rings. The molecule has 0 aliphatic carbocycles. The summed E-state index contributed by atoms with van der Waals surface area (Å²) in [5, 5.41) is 4.22. The number of carbonyl (C=O) groups excluding carboxylic acids is 1. The maximum Gasteiger partial charge on any atom is 0.257 e. The van der Waals surface area contributed by atoms with Gasteiger partial charge in [0.1, 0.15) is 12.6 Å². The van der Waals surface area contributed by atoms with Gasteiger partial charge in [-0.2, -0.15) is 5.10 Å². The highest BCUT2D eigenvalue weighted by Gasteiger charge is 2.23. The van der Waals surface area contributed by atoms with Crippen molar-refractivity contribution in [2.75, 3.05) is 13.1 Å². The fourth-order valence-corrected chi connectivity index (χ4v) is 3.09. The van der Waals surface area contributed by atoms with Gasteiger partial charge in [0, 0.05) is 49.6 Å². The molecule has 0 radical (unpaired) electrons. The van der Waals surface area contributed by atoms with Crippen molar-refractivity contribution in [3.63, 3.8) is 0 Å². The Hall–Kier alpha value is -2.96. The van der Waals surface area contributed by atoms with Gasteiger partial charge in [-0.05, 0) is 12.5 Å². The zero-order chi connectivity index (χ0) is 16.5. The second-order valence-electron chi connectivity index (χ2n) is 5.85. The molecule has 0 aromatic carbocycles. The first-order valence-corrected chi connectivity index (χ1v) is 7.85. The van der Waals surface area contributed by atoms with E-state index in [1.807, 2.05) is 24.3 Å². The lowest BCUT2D eigenvalue weighted by Gasteiger charge is -2.19. The number of furan rings is 1. The molecule has 0 atom stereocenters. The molecule has 1 aliphatic rings. The molecule has 7 heteroatoms. The summed E-state index contributed by atoms with van der Waals surface area (Å²) in [6, 6.07) is 1.70. The van der Waals surface area contributed by atoms with Crippen molar-refractivity contribution in [3.8, 4) is 11.3 Å². The van der Waals surface area contributed by atoms with Gasteiger partial charge in [-0.15, -0.1) is 0 Å². The van der Waals surface area contributed by atoms with E-state index in [-0.39, 0.29) is 5.91 Å². The highest BCUT2D eigenvalue weighted by molar-refractivity contribution is 5.93. The average molecular weight is 323 g/mol. The minimum Gasteiger partial charge on any atom is -0.472 e. The van der Waals surface area contributed by atoms with Gasteiger partial charge in [0.15, 0.2) is 0 Å². The average Bonchev–Trinajstić information content (AvgIpc) is 3.22. The molecule has 1 amide bonds. The van der Waals surface area contributed by atoms with Crippen molar-refractivity contribution in [1.82, 2.24) is 24.6 Å². The van der Waals surface area contributed by atoms with Gasteiger partial charge in [-0.25, -0.2) is 9.97 Å². The van der Waals surface area contributed by atoms with Crippen LogP contribution in [0.25, 0.3) is 11.3 Å². The quantitative estimate of drug-likeness (QED) is 0.717. The minimum atomic E-state index is -0.00700. The Balaban J connectivity index is 1.62. The zero-order valence-corrected chi connectivity index (χ0v) is 13.3. The van der Waals surface area contributed by atoms with Crippen LogP contribution in [0.15, 0.2) is 41.7 Å². The second kappa shape index (κ2) is 5.92. The fraction of sp³-hybridized carbons (Fsp3) is 0.294. The summed E-state index contributed by atoms with van der Waals surface area (Å²) in [7, 11) is 1.88. The molecule has 4 rings (SSSR count). The fourth-order valence-electron chi connectivity index (χ4n) is 3.09. The number of amides is 1. The van der Waals surface area contributed by atoms with Crippen LogP contribution in [0.3, 0.4) is 0 Å². The number of carbonyl (C=O) groups is 1. The van der Waals surface area contributed by atoms with Crippen LogP contribution >= 0.6 is 0 Å². The first kappa shape index (κ1) is 14.6. The highest BCUT2D eigenvalue weighted by Crippen LogP contribution is 2.25. The molecule has 0 N–H and O–H groups in total. The summed E-state index contributed by atoms with van der Waals surface area (Å²) >= 11 is 0. The summed E-state index contributed by atoms with van der Waals surface area (Å²) in [5.74, 6) is -0.00700. The van der Waals surface area contributed by atoms with Crippen LogP contribution in [0.5, 0.6) is 0 Å². The molecule has 0 saturated heterocycles. The second-order valence-corrected chi connectivity index (χ2v) is 5.85. The molecule has 0 spiro atoms. The lowest BCUT2D eigenvalue weighted by molar-refractivity contribution is 0.0762. The molecule has 122 valence electrons. The smallest absolute Gasteiger partial charge is 0.257 e. The Morgan fingerprint density at radius 1 is 1.25 bits per heavy atom. The molecule has 24 heavy (non-hydrogen) atoms. The Kier molecular flexibility index (Phi) is 3.60. The third-order valence-electron chi connectivity index (χ3n) is 4.32. The summed E-state index contributed by atoms with van der Waals surface area (Å²) in [6.07, 6.45) is 9.80. The van der Waals surface area contributed by atoms with Crippen LogP contribution in [0.2, 0.25) is 0 Å². The van der Waals surface area contributed by atoms with E-state index in [9.17, 15) is 4.79 Å². The molecule has 4 heterocycles. The van der Waals surface area contributed by atoms with Crippen LogP contribution in [0.4, 0.5) is 0 Å². The normalized spacial score (nSPS) is 14.3. The zero-order valence-electron chi connectivity index (χ0n) is 13.3. The molecule has 7 nitrogen and oxygen atoms in total. The number of aryl methyl sites for hydroxylation is 1. The van der Waals surface area contributed by atoms with E-state index in [0.717, 1.165) is 28.9 Å². The third kappa shape index (κ3) is 2.58. The van der Waals surface area contributed by atoms with Crippen LogP contribution in [-0.2, 0) is 19.9 Å². The number of fused-ring (bicyclic) bond motifs is 1. The van der Waals surface area contributed by atoms with Gasteiger partial charge in [-0.1, -0.05) is 0 Å². The lowest BCUT2D eigenvalue weighted by Crippen LogP contribution is -2.33. The van der Waals surface area contributed by atoms with Crippen molar-refractivity contribution in [3.05, 3.63) is 54.1 Å². The van der Waals surface area contributed by atoms with E-state index in [1.54, 1.807) is 17.1 Å². The van der Waals surface area contributed by atoms with Gasteiger partial charge < -0.3 is 9.32 Å². The number of nitrogens with zero attached hydrogens (tertiary/aromatic N) is 5. The first-order valence-electron chi connectivity index (χ1n) is 7.85. The van der Waals surface area contributed by atoms with Gasteiger partial charge in [0.05, 0.1) is 23.7 Å². The Morgan fingerprint density at radius 3 is 2.88 bits per heavy atom. The molecule has 1 aliphatic heterocycles. The van der Waals surface area contributed by atoms with Crippen molar-refractivity contribution < 1.29 is 9.21 Å². The topological polar surface area (TPSA) is 77.0 Å². The lowest BCUT2D eigenvalue weighted by atomic mass is 10.0. The van der Waals surface area contributed by atoms with Crippen LogP contribution in [-0.4, -0.2) is 43.6 Å². The Labute approximate surface area is 138 Å². The number of aromatic nitrogens is 4. The Morgan fingerprint density at radius 2 is 2.12 bits per heavy atom. The van der Waals surface area contributed by atoms with Crippen LogP contribution < -0.4 is 0 Å². The summed E-state index contributed by atoms with van der Waals surface area (Å²) < 4.78 is 6.78. The van der Waals surface area contributed by atoms with Crippen molar-refractivity contribution in [2.45, 2.75) is 12.8 Å². The van der Waals surface area contributed by atoms with E-state index < -0.39 is 0 Å². The largest absolute Gasteiger partial charge is 0.472 e. The minimum absolute atomic E-state index is 0.00700. The molecule has 3 aromatic heterocycles. The van der Waals surface area contributed by atoms with E-state index >= 15 is 0 Å². The summed E-state index contributed by atoms with van der Waals surface area (Å²) in [6.45, 7) is 1.28. The molecular formula is C17H17N5O2. The maximum atomic E-state index is 12.5. The van der Waals surface area contributed by atoms with Crippen molar-refractivity contribution in [1.29, 1.82) is 0 Å². The summed E-state index contributed by atoms with van der Waals surface area (Å²) in [5.41, 5.74) is 4.58. The number of hydrogen-bond acceptors (Lipinski definition) is 5. The third-order valence-corrected chi connectivity index (χ3v) is 4.32. The van der Waals surface area contributed by atoms with Crippen LogP contribution in [0.1, 0.15) is 21.6 Å². The van der Waals surface area contributed by atoms with Crippen LogP contribution in [0, 0.1) is 0 Å². The molecule has 0 fully saturated rings. The van der Waals surface area contributed by atoms with Gasteiger partial charge in [0.25, 0.3) is 5.91 Å². The van der Waals surface area contributed by atoms with Crippen molar-refractivity contribution >= 4 is 5.91 Å². The predicted octanol–water partition coefficient (Wildman–Crippen LogP) is 1.71. The van der Waals surface area contributed by atoms with E-state index in [4.69, 9.17) is 4.42 Å². The molecular weight excluding hydrogens is 306 g/mol. The van der Waals surface area contributed by atoms with E-state index in [2.05, 4.69) is 15.1 Å². The number of rotatable bonds is 2. The monoisotopic (exact) mass is 323 g/mol. The van der Waals surface area contributed by atoms with Gasteiger partial charge in [-0.3, -0.25) is 9.48 Å². The van der Waals surface area contributed by atoms with E-state index in [0.29, 0.717) is 25.1 Å². The van der Waals surface area contributed by atoms with Crippen molar-refractivity contribution in [2.24, 2.45) is 7.05 Å². The predicted molar refractivity (Wildman–Crippen MR) is 86.3 cm³/mol. The highest BCUT2D eigenvalue weighted by atomic mass is 16.3. The summed E-state index contributed by atoms with van der Waals surface area (Å²) in [4.78, 5) is 23.3. The maximum absolute atomic E-state index is 12.5.